The van der Waals surface area contributed by atoms with Crippen LogP contribution in [0.3, 0.4) is 0 Å². The van der Waals surface area contributed by atoms with E-state index in [9.17, 15) is 9.59 Å². The highest BCUT2D eigenvalue weighted by Gasteiger charge is 2.37. The molecule has 1 amide bonds. The molecule has 7 heteroatoms. The van der Waals surface area contributed by atoms with Gasteiger partial charge in [-0.3, -0.25) is 19.1 Å². The average Bonchev–Trinajstić information content (AvgIpc) is 3.40. The second kappa shape index (κ2) is 7.42. The molecule has 0 saturated heterocycles. The van der Waals surface area contributed by atoms with Crippen LogP contribution in [0.25, 0.3) is 33.8 Å². The number of nitrogens with zero attached hydrogens (tertiary/aromatic N) is 2. The summed E-state index contributed by atoms with van der Waals surface area (Å²) in [7, 11) is 3.15. The van der Waals surface area contributed by atoms with Crippen LogP contribution in [-0.4, -0.2) is 40.9 Å². The van der Waals surface area contributed by atoms with Crippen LogP contribution >= 0.6 is 12.2 Å². The summed E-state index contributed by atoms with van der Waals surface area (Å²) in [6.07, 6.45) is 2.01. The largest absolute Gasteiger partial charge is 0.440 e. The van der Waals surface area contributed by atoms with E-state index in [0.717, 1.165) is 22.0 Å². The Bertz CT molecular complexity index is 1510. The van der Waals surface area contributed by atoms with Crippen LogP contribution in [0.15, 0.2) is 58.5 Å². The summed E-state index contributed by atoms with van der Waals surface area (Å²) in [5.74, 6) is 0.633. The summed E-state index contributed by atoms with van der Waals surface area (Å²) in [5.41, 5.74) is 3.99. The van der Waals surface area contributed by atoms with Crippen molar-refractivity contribution in [2.45, 2.75) is 19.3 Å². The number of nitrogens with one attached hydrogen (secondary N) is 1. The number of amides is 1. The van der Waals surface area contributed by atoms with Gasteiger partial charge in [0.1, 0.15) is 5.76 Å². The number of thiocarbonyl (C=S) groups is 1. The van der Waals surface area contributed by atoms with Gasteiger partial charge in [-0.1, -0.05) is 50.2 Å². The standard InChI is InChI=1S/C26H23N3O3S/c1-26(2)19-10-7-9-18-17-8-5-6-11-21(17)29(22(18)19)24-20(26)13-16(32-24)12-15(14-30)23(31)28(4)25(33)27-3/h5-14H,1-4H3,(H,27,33)/b15-12-. The van der Waals surface area contributed by atoms with Gasteiger partial charge < -0.3 is 9.73 Å². The minimum atomic E-state index is -0.505. The Morgan fingerprint density at radius 1 is 1.12 bits per heavy atom. The molecular weight excluding hydrogens is 434 g/mol. The van der Waals surface area contributed by atoms with Gasteiger partial charge in [0.25, 0.3) is 5.91 Å². The molecule has 2 aromatic carbocycles. The van der Waals surface area contributed by atoms with Crippen molar-refractivity contribution in [1.29, 1.82) is 0 Å². The molecule has 2 aromatic heterocycles. The van der Waals surface area contributed by atoms with Crippen molar-refractivity contribution < 1.29 is 14.0 Å². The minimum Gasteiger partial charge on any atom is -0.440 e. The third kappa shape index (κ3) is 2.96. The summed E-state index contributed by atoms with van der Waals surface area (Å²) in [5, 5.41) is 5.29. The normalized spacial score (nSPS) is 14.2. The highest BCUT2D eigenvalue weighted by Crippen LogP contribution is 2.48. The van der Waals surface area contributed by atoms with Crippen LogP contribution < -0.4 is 5.32 Å². The Kier molecular flexibility index (Phi) is 4.76. The quantitative estimate of drug-likeness (QED) is 0.161. The molecule has 6 nitrogen and oxygen atoms in total. The van der Waals surface area contributed by atoms with Crippen LogP contribution in [0.1, 0.15) is 30.7 Å². The fraction of sp³-hybridized carbons (Fsp3) is 0.192. The summed E-state index contributed by atoms with van der Waals surface area (Å²) >= 11 is 5.12. The van der Waals surface area contributed by atoms with Crippen molar-refractivity contribution in [2.75, 3.05) is 14.1 Å². The number of aromatic nitrogens is 1. The summed E-state index contributed by atoms with van der Waals surface area (Å²) < 4.78 is 8.45. The van der Waals surface area contributed by atoms with Gasteiger partial charge >= 0.3 is 0 Å². The number of hydrogen-bond acceptors (Lipinski definition) is 4. The molecule has 0 radical (unpaired) electrons. The van der Waals surface area contributed by atoms with Gasteiger partial charge in [-0.15, -0.1) is 0 Å². The molecule has 166 valence electrons. The molecule has 0 spiro atoms. The van der Waals surface area contributed by atoms with Gasteiger partial charge in [0.05, 0.1) is 16.6 Å². The van der Waals surface area contributed by atoms with Crippen molar-refractivity contribution in [3.05, 3.63) is 71.0 Å². The lowest BCUT2D eigenvalue weighted by atomic mass is 9.76. The molecule has 1 N–H and O–H groups in total. The molecule has 0 unspecified atom stereocenters. The van der Waals surface area contributed by atoms with E-state index in [0.29, 0.717) is 17.9 Å². The van der Waals surface area contributed by atoms with E-state index in [1.54, 1.807) is 7.05 Å². The number of carbonyl (C=O) groups is 2. The van der Waals surface area contributed by atoms with Gasteiger partial charge in [-0.25, -0.2) is 0 Å². The molecule has 0 fully saturated rings. The van der Waals surface area contributed by atoms with Crippen LogP contribution in [0.5, 0.6) is 0 Å². The first-order chi connectivity index (χ1) is 15.8. The lowest BCUT2D eigenvalue weighted by molar-refractivity contribution is -0.123. The van der Waals surface area contributed by atoms with Crippen molar-refractivity contribution in [3.8, 4) is 5.88 Å². The van der Waals surface area contributed by atoms with Crippen LogP contribution in [-0.2, 0) is 15.0 Å². The predicted molar refractivity (Wildman–Crippen MR) is 134 cm³/mol. The van der Waals surface area contributed by atoms with Gasteiger partial charge in [-0.2, -0.15) is 0 Å². The number of carbonyl (C=O) groups excluding carboxylic acids is 2. The van der Waals surface area contributed by atoms with E-state index < -0.39 is 5.91 Å². The maximum absolute atomic E-state index is 12.8. The number of fused-ring (bicyclic) bond motifs is 5. The number of furan rings is 1. The molecule has 5 rings (SSSR count). The lowest BCUT2D eigenvalue weighted by Crippen LogP contribution is -2.40. The van der Waals surface area contributed by atoms with E-state index in [-0.39, 0.29) is 16.1 Å². The highest BCUT2D eigenvalue weighted by atomic mass is 32.1. The number of hydrogen-bond donors (Lipinski definition) is 1. The lowest BCUT2D eigenvalue weighted by Gasteiger charge is -2.31. The van der Waals surface area contributed by atoms with Gasteiger partial charge in [-0.05, 0) is 36.0 Å². The number of aldehydes is 1. The minimum absolute atomic E-state index is 0.0426. The van der Waals surface area contributed by atoms with E-state index >= 15 is 0 Å². The fourth-order valence-corrected chi connectivity index (χ4v) is 4.80. The molecule has 0 atom stereocenters. The Morgan fingerprint density at radius 2 is 1.85 bits per heavy atom. The number of para-hydroxylation sites is 2. The monoisotopic (exact) mass is 457 g/mol. The molecule has 1 aliphatic heterocycles. The van der Waals surface area contributed by atoms with Crippen LogP contribution in [0, 0.1) is 0 Å². The first kappa shape index (κ1) is 21.2. The molecule has 0 saturated carbocycles. The van der Waals surface area contributed by atoms with Gasteiger partial charge in [0, 0.05) is 35.8 Å². The summed E-state index contributed by atoms with van der Waals surface area (Å²) in [4.78, 5) is 25.8. The zero-order valence-corrected chi connectivity index (χ0v) is 19.6. The SMILES string of the molecule is CNC(=S)N(C)C(=O)/C(C=O)=C\c1cc2c(o1)-n1c3ccccc3c3cccc(c31)C2(C)C. The van der Waals surface area contributed by atoms with Crippen molar-refractivity contribution >= 4 is 57.4 Å². The molecular formula is C26H23N3O3S. The average molecular weight is 458 g/mol. The summed E-state index contributed by atoms with van der Waals surface area (Å²) in [6, 6.07) is 16.5. The van der Waals surface area contributed by atoms with Gasteiger partial charge in [0.2, 0.25) is 5.88 Å². The van der Waals surface area contributed by atoms with E-state index in [1.807, 2.05) is 18.2 Å². The molecule has 1 aliphatic rings. The number of rotatable bonds is 3. The maximum Gasteiger partial charge on any atom is 0.263 e. The molecule has 4 aromatic rings. The first-order valence-electron chi connectivity index (χ1n) is 10.6. The second-order valence-electron chi connectivity index (χ2n) is 8.68. The Labute approximate surface area is 196 Å². The van der Waals surface area contributed by atoms with E-state index in [4.69, 9.17) is 16.6 Å². The third-order valence-corrected chi connectivity index (χ3v) is 6.95. The Balaban J connectivity index is 1.73. The van der Waals surface area contributed by atoms with Crippen molar-refractivity contribution in [2.24, 2.45) is 0 Å². The predicted octanol–water partition coefficient (Wildman–Crippen LogP) is 4.56. The zero-order valence-electron chi connectivity index (χ0n) is 18.8. The maximum atomic E-state index is 12.8. The molecule has 0 aliphatic carbocycles. The number of likely N-dealkylation sites (N-methyl/N-ethyl adjacent to an activating group) is 1. The molecule has 33 heavy (non-hydrogen) atoms. The van der Waals surface area contributed by atoms with Crippen molar-refractivity contribution in [3.63, 3.8) is 0 Å². The first-order valence-corrected chi connectivity index (χ1v) is 11.0. The van der Waals surface area contributed by atoms with Crippen LogP contribution in [0.2, 0.25) is 0 Å². The summed E-state index contributed by atoms with van der Waals surface area (Å²) in [6.45, 7) is 4.32. The van der Waals surface area contributed by atoms with E-state index in [2.05, 4.69) is 54.1 Å². The molecule has 3 heterocycles. The Hall–Kier alpha value is -3.71. The van der Waals surface area contributed by atoms with Gasteiger partial charge in [0.15, 0.2) is 11.4 Å². The Morgan fingerprint density at radius 3 is 2.58 bits per heavy atom. The zero-order chi connectivity index (χ0) is 23.5. The number of benzene rings is 2. The van der Waals surface area contributed by atoms with Crippen molar-refractivity contribution in [1.82, 2.24) is 14.8 Å². The third-order valence-electron chi connectivity index (χ3n) is 6.47. The topological polar surface area (TPSA) is 67.5 Å². The van der Waals surface area contributed by atoms with Crippen LogP contribution in [0.4, 0.5) is 0 Å². The van der Waals surface area contributed by atoms with E-state index in [1.165, 1.54) is 29.0 Å². The highest BCUT2D eigenvalue weighted by molar-refractivity contribution is 7.80. The smallest absolute Gasteiger partial charge is 0.263 e. The molecule has 0 bridgehead atoms. The second-order valence-corrected chi connectivity index (χ2v) is 9.07. The fourth-order valence-electron chi connectivity index (χ4n) is 4.72.